The Morgan fingerprint density at radius 2 is 2.20 bits per heavy atom. The Bertz CT molecular complexity index is 592. The van der Waals surface area contributed by atoms with Gasteiger partial charge in [-0.3, -0.25) is 0 Å². The molecule has 6 nitrogen and oxygen atoms in total. The molecule has 1 N–H and O–H groups in total. The van der Waals surface area contributed by atoms with E-state index in [0.717, 1.165) is 35.9 Å². The van der Waals surface area contributed by atoms with Gasteiger partial charge in [0.2, 0.25) is 0 Å². The Morgan fingerprint density at radius 1 is 1.40 bits per heavy atom. The first-order chi connectivity index (χ1) is 9.44. The van der Waals surface area contributed by atoms with Crippen LogP contribution >= 0.6 is 0 Å². The molecule has 0 saturated carbocycles. The fourth-order valence-corrected chi connectivity index (χ4v) is 4.26. The number of hydrogen-bond donors (Lipinski definition) is 1. The number of fused-ring (bicyclic) bond motifs is 1. The second-order valence-electron chi connectivity index (χ2n) is 5.54. The minimum absolute atomic E-state index is 0.00316. The topological polar surface area (TPSA) is 75.4 Å². The van der Waals surface area contributed by atoms with Crippen molar-refractivity contribution in [1.82, 2.24) is 13.9 Å². The van der Waals surface area contributed by atoms with E-state index in [4.69, 9.17) is 5.11 Å². The standard InChI is InChI=1S/C12H18FN3O3S/c13-12(9-17)4-6-16(8-12)20(18,19)11-7-15-5-2-1-3-10(15)14-11/h7,17H,1-6,8-9H2. The van der Waals surface area contributed by atoms with Crippen LogP contribution in [-0.4, -0.2) is 52.7 Å². The van der Waals surface area contributed by atoms with Crippen molar-refractivity contribution >= 4 is 10.0 Å². The Hall–Kier alpha value is -0.990. The van der Waals surface area contributed by atoms with Crippen molar-refractivity contribution in [1.29, 1.82) is 0 Å². The third-order valence-electron chi connectivity index (χ3n) is 4.04. The van der Waals surface area contributed by atoms with Gasteiger partial charge in [0.25, 0.3) is 10.0 Å². The number of sulfonamides is 1. The van der Waals surface area contributed by atoms with Crippen LogP contribution < -0.4 is 0 Å². The third kappa shape index (κ3) is 2.25. The number of imidazole rings is 1. The molecule has 1 atom stereocenters. The van der Waals surface area contributed by atoms with Crippen LogP contribution in [0.2, 0.25) is 0 Å². The van der Waals surface area contributed by atoms with E-state index in [1.54, 1.807) is 6.20 Å². The summed E-state index contributed by atoms with van der Waals surface area (Å²) < 4.78 is 41.8. The van der Waals surface area contributed by atoms with Crippen LogP contribution in [0.15, 0.2) is 11.2 Å². The van der Waals surface area contributed by atoms with Crippen molar-refractivity contribution in [2.24, 2.45) is 0 Å². The molecule has 0 radical (unpaired) electrons. The monoisotopic (exact) mass is 303 g/mol. The summed E-state index contributed by atoms with van der Waals surface area (Å²) in [5, 5.41) is 8.99. The number of aliphatic hydroxyl groups is 1. The van der Waals surface area contributed by atoms with Crippen molar-refractivity contribution in [2.75, 3.05) is 19.7 Å². The van der Waals surface area contributed by atoms with Crippen LogP contribution in [0.5, 0.6) is 0 Å². The molecular formula is C12H18FN3O3S. The lowest BCUT2D eigenvalue weighted by Crippen LogP contribution is -2.35. The number of aromatic nitrogens is 2. The van der Waals surface area contributed by atoms with Gasteiger partial charge in [-0.2, -0.15) is 4.31 Å². The molecule has 1 saturated heterocycles. The maximum absolute atomic E-state index is 14.0. The summed E-state index contributed by atoms with van der Waals surface area (Å²) in [6.07, 6.45) is 4.37. The van der Waals surface area contributed by atoms with Crippen molar-refractivity contribution in [3.05, 3.63) is 12.0 Å². The van der Waals surface area contributed by atoms with Crippen molar-refractivity contribution in [3.8, 4) is 0 Å². The maximum atomic E-state index is 14.0. The molecule has 1 unspecified atom stereocenters. The largest absolute Gasteiger partial charge is 0.393 e. The zero-order valence-corrected chi connectivity index (χ0v) is 11.9. The lowest BCUT2D eigenvalue weighted by Gasteiger charge is -2.17. The average molecular weight is 303 g/mol. The van der Waals surface area contributed by atoms with Gasteiger partial charge in [0, 0.05) is 25.7 Å². The zero-order chi connectivity index (χ0) is 14.4. The molecule has 0 aliphatic carbocycles. The van der Waals surface area contributed by atoms with Gasteiger partial charge in [-0.1, -0.05) is 0 Å². The summed E-state index contributed by atoms with van der Waals surface area (Å²) in [5.41, 5.74) is -1.83. The van der Waals surface area contributed by atoms with Crippen molar-refractivity contribution < 1.29 is 17.9 Å². The molecular weight excluding hydrogens is 285 g/mol. The van der Waals surface area contributed by atoms with E-state index >= 15 is 0 Å². The second-order valence-corrected chi connectivity index (χ2v) is 7.43. The van der Waals surface area contributed by atoms with Crippen LogP contribution in [-0.2, 0) is 23.0 Å². The molecule has 2 aliphatic heterocycles. The molecule has 0 bridgehead atoms. The van der Waals surface area contributed by atoms with Gasteiger partial charge in [0.1, 0.15) is 11.5 Å². The first kappa shape index (κ1) is 14.0. The third-order valence-corrected chi connectivity index (χ3v) is 5.76. The van der Waals surface area contributed by atoms with Gasteiger partial charge >= 0.3 is 0 Å². The summed E-state index contributed by atoms with van der Waals surface area (Å²) in [4.78, 5) is 4.19. The van der Waals surface area contributed by atoms with E-state index in [1.807, 2.05) is 4.57 Å². The quantitative estimate of drug-likeness (QED) is 0.872. The smallest absolute Gasteiger partial charge is 0.262 e. The molecule has 2 aliphatic rings. The normalized spacial score (nSPS) is 27.7. The molecule has 8 heteroatoms. The number of aliphatic hydroxyl groups excluding tert-OH is 1. The Kier molecular flexibility index (Phi) is 3.34. The fraction of sp³-hybridized carbons (Fsp3) is 0.750. The molecule has 3 heterocycles. The number of aryl methyl sites for hydroxylation is 2. The molecule has 1 aromatic rings. The maximum Gasteiger partial charge on any atom is 0.262 e. The lowest BCUT2D eigenvalue weighted by molar-refractivity contribution is 0.0844. The first-order valence-corrected chi connectivity index (χ1v) is 8.25. The predicted molar refractivity (Wildman–Crippen MR) is 69.5 cm³/mol. The average Bonchev–Trinajstić information content (AvgIpc) is 3.03. The molecule has 112 valence electrons. The molecule has 0 amide bonds. The second kappa shape index (κ2) is 4.78. The summed E-state index contributed by atoms with van der Waals surface area (Å²) in [6, 6.07) is 0. The highest BCUT2D eigenvalue weighted by atomic mass is 32.2. The first-order valence-electron chi connectivity index (χ1n) is 6.81. The zero-order valence-electron chi connectivity index (χ0n) is 11.1. The summed E-state index contributed by atoms with van der Waals surface area (Å²) >= 11 is 0. The van der Waals surface area contributed by atoms with E-state index in [9.17, 15) is 12.8 Å². The molecule has 1 fully saturated rings. The van der Waals surface area contributed by atoms with Crippen LogP contribution in [0.1, 0.15) is 25.1 Å². The Morgan fingerprint density at radius 3 is 2.85 bits per heavy atom. The number of alkyl halides is 1. The predicted octanol–water partition coefficient (Wildman–Crippen LogP) is 0.314. The van der Waals surface area contributed by atoms with E-state index in [1.165, 1.54) is 0 Å². The number of nitrogens with zero attached hydrogens (tertiary/aromatic N) is 3. The molecule has 1 aromatic heterocycles. The van der Waals surface area contributed by atoms with E-state index in [-0.39, 0.29) is 24.5 Å². The summed E-state index contributed by atoms with van der Waals surface area (Å²) in [6.45, 7) is -0.0874. The highest BCUT2D eigenvalue weighted by Gasteiger charge is 2.43. The van der Waals surface area contributed by atoms with Crippen molar-refractivity contribution in [3.63, 3.8) is 0 Å². The van der Waals surface area contributed by atoms with Gasteiger partial charge in [0.15, 0.2) is 5.03 Å². The SMILES string of the molecule is O=S(=O)(c1cn2c(n1)CCCC2)N1CCC(F)(CO)C1. The minimum Gasteiger partial charge on any atom is -0.393 e. The fourth-order valence-electron chi connectivity index (χ4n) is 2.78. The van der Waals surface area contributed by atoms with E-state index in [0.29, 0.717) is 0 Å². The summed E-state index contributed by atoms with van der Waals surface area (Å²) in [5.74, 6) is 0.780. The highest BCUT2D eigenvalue weighted by Crippen LogP contribution is 2.30. The van der Waals surface area contributed by atoms with Gasteiger partial charge in [-0.15, -0.1) is 0 Å². The molecule has 3 rings (SSSR count). The van der Waals surface area contributed by atoms with Crippen LogP contribution in [0.3, 0.4) is 0 Å². The Labute approximate surface area is 117 Å². The van der Waals surface area contributed by atoms with E-state index < -0.39 is 22.3 Å². The molecule has 0 aromatic carbocycles. The van der Waals surface area contributed by atoms with E-state index in [2.05, 4.69) is 4.98 Å². The van der Waals surface area contributed by atoms with Gasteiger partial charge in [0.05, 0.1) is 13.2 Å². The Balaban J connectivity index is 1.87. The molecule has 20 heavy (non-hydrogen) atoms. The van der Waals surface area contributed by atoms with Gasteiger partial charge in [-0.05, 0) is 19.3 Å². The summed E-state index contributed by atoms with van der Waals surface area (Å²) in [7, 11) is -3.76. The van der Waals surface area contributed by atoms with Gasteiger partial charge in [-0.25, -0.2) is 17.8 Å². The lowest BCUT2D eigenvalue weighted by atomic mass is 10.1. The van der Waals surface area contributed by atoms with Crippen LogP contribution in [0.25, 0.3) is 0 Å². The van der Waals surface area contributed by atoms with Gasteiger partial charge < -0.3 is 9.67 Å². The van der Waals surface area contributed by atoms with Crippen LogP contribution in [0.4, 0.5) is 4.39 Å². The minimum atomic E-state index is -3.76. The number of halogens is 1. The van der Waals surface area contributed by atoms with Crippen LogP contribution in [0, 0.1) is 0 Å². The number of rotatable bonds is 3. The highest BCUT2D eigenvalue weighted by molar-refractivity contribution is 7.89. The number of hydrogen-bond acceptors (Lipinski definition) is 4. The molecule has 0 spiro atoms. The van der Waals surface area contributed by atoms with Crippen molar-refractivity contribution in [2.45, 2.75) is 42.9 Å².